The number of nitriles is 1. The van der Waals surface area contributed by atoms with Crippen molar-refractivity contribution in [3.05, 3.63) is 58.3 Å². The number of hydrogen-bond donors (Lipinski definition) is 1. The summed E-state index contributed by atoms with van der Waals surface area (Å²) in [5, 5.41) is 9.92. The van der Waals surface area contributed by atoms with E-state index in [2.05, 4.69) is 6.07 Å². The van der Waals surface area contributed by atoms with Gasteiger partial charge in [0.15, 0.2) is 5.78 Å². The fourth-order valence-electron chi connectivity index (χ4n) is 4.36. The van der Waals surface area contributed by atoms with Gasteiger partial charge >= 0.3 is 0 Å². The summed E-state index contributed by atoms with van der Waals surface area (Å²) < 4.78 is 40.3. The molecule has 4 rings (SSSR count). The molecule has 1 aliphatic carbocycles. The molecule has 1 aromatic heterocycles. The third-order valence-corrected chi connectivity index (χ3v) is 6.52. The van der Waals surface area contributed by atoms with Crippen LogP contribution in [0.15, 0.2) is 35.2 Å². The number of fused-ring (bicyclic) bond motifs is 4. The van der Waals surface area contributed by atoms with E-state index in [0.717, 1.165) is 11.2 Å². The zero-order valence-electron chi connectivity index (χ0n) is 16.3. The lowest BCUT2D eigenvalue weighted by Gasteiger charge is -2.34. The molecule has 29 heavy (non-hydrogen) atoms. The highest BCUT2D eigenvalue weighted by Gasteiger charge is 2.42. The second kappa shape index (κ2) is 5.92. The predicted octanol–water partition coefficient (Wildman–Crippen LogP) is 3.18. The number of benzene rings is 2. The van der Waals surface area contributed by atoms with Crippen molar-refractivity contribution in [1.29, 1.82) is 5.26 Å². The third kappa shape index (κ3) is 2.51. The van der Waals surface area contributed by atoms with Gasteiger partial charge in [-0.1, -0.05) is 19.9 Å². The second-order valence-electron chi connectivity index (χ2n) is 7.60. The Bertz CT molecular complexity index is 1370. The fourth-order valence-corrected chi connectivity index (χ4v) is 5.02. The highest BCUT2D eigenvalue weighted by Crippen LogP contribution is 2.47. The zero-order chi connectivity index (χ0) is 21.3. The molecule has 7 nitrogen and oxygen atoms in total. The van der Waals surface area contributed by atoms with Crippen molar-refractivity contribution in [2.75, 3.05) is 7.11 Å². The number of aromatic nitrogens is 1. The van der Waals surface area contributed by atoms with Gasteiger partial charge in [-0.15, -0.1) is 0 Å². The first kappa shape index (κ1) is 19.2. The van der Waals surface area contributed by atoms with Crippen LogP contribution in [-0.4, -0.2) is 30.4 Å². The van der Waals surface area contributed by atoms with Crippen LogP contribution in [0.4, 0.5) is 0 Å². The second-order valence-corrected chi connectivity index (χ2v) is 8.99. The molecular formula is C21H18N2O5S. The molecule has 0 bridgehead atoms. The molecule has 0 aliphatic heterocycles. The molecule has 148 valence electrons. The van der Waals surface area contributed by atoms with Crippen molar-refractivity contribution in [3.8, 4) is 11.8 Å². The molecule has 1 aliphatic rings. The van der Waals surface area contributed by atoms with Gasteiger partial charge in [0.2, 0.25) is 0 Å². The van der Waals surface area contributed by atoms with Gasteiger partial charge in [0, 0.05) is 29.1 Å². The molecule has 0 spiro atoms. The minimum Gasteiger partial charge on any atom is -0.495 e. The number of rotatable bonds is 2. The first-order chi connectivity index (χ1) is 13.5. The van der Waals surface area contributed by atoms with Crippen molar-refractivity contribution in [1.82, 2.24) is 4.57 Å². The summed E-state index contributed by atoms with van der Waals surface area (Å²) in [6, 6.07) is 9.89. The van der Waals surface area contributed by atoms with E-state index < -0.39 is 20.4 Å². The average Bonchev–Trinajstić information content (AvgIpc) is 2.97. The van der Waals surface area contributed by atoms with Crippen LogP contribution in [0.2, 0.25) is 0 Å². The summed E-state index contributed by atoms with van der Waals surface area (Å²) in [5.41, 5.74) is 2.60. The molecule has 0 amide bonds. The molecule has 8 heteroatoms. The van der Waals surface area contributed by atoms with Crippen LogP contribution in [0.1, 0.15) is 46.6 Å². The average molecular weight is 410 g/mol. The van der Waals surface area contributed by atoms with Gasteiger partial charge in [-0.25, -0.2) is 0 Å². The van der Waals surface area contributed by atoms with Crippen molar-refractivity contribution in [3.63, 3.8) is 0 Å². The summed E-state index contributed by atoms with van der Waals surface area (Å²) in [5.74, 6) is -0.363. The van der Waals surface area contributed by atoms with Gasteiger partial charge < -0.3 is 9.30 Å². The Kier molecular flexibility index (Phi) is 3.92. The Morgan fingerprint density at radius 3 is 2.48 bits per heavy atom. The van der Waals surface area contributed by atoms with Crippen molar-refractivity contribution in [2.45, 2.75) is 24.2 Å². The fraction of sp³-hybridized carbons (Fsp3) is 0.238. The van der Waals surface area contributed by atoms with Crippen LogP contribution >= 0.6 is 0 Å². The van der Waals surface area contributed by atoms with Crippen molar-refractivity contribution in [2.24, 2.45) is 7.05 Å². The highest BCUT2D eigenvalue weighted by atomic mass is 32.2. The summed E-state index contributed by atoms with van der Waals surface area (Å²) in [6.45, 7) is 3.88. The molecule has 0 fully saturated rings. The summed E-state index contributed by atoms with van der Waals surface area (Å²) in [7, 11) is -1.44. The monoisotopic (exact) mass is 410 g/mol. The van der Waals surface area contributed by atoms with E-state index in [1.54, 1.807) is 18.2 Å². The van der Waals surface area contributed by atoms with Crippen LogP contribution in [0.25, 0.3) is 10.9 Å². The largest absolute Gasteiger partial charge is 0.495 e. The number of methoxy groups -OCH3 is 1. The van der Waals surface area contributed by atoms with E-state index in [1.165, 1.54) is 19.2 Å². The molecule has 0 radical (unpaired) electrons. The van der Waals surface area contributed by atoms with Crippen molar-refractivity contribution >= 4 is 26.8 Å². The molecule has 0 saturated carbocycles. The molecule has 0 saturated heterocycles. The number of carbonyl (C=O) groups is 1. The SMILES string of the molecule is COc1cc2c(cc1S(=O)(=O)O)C(=O)c1c(n(C)c3cc(C#N)ccc13)C2(C)C. The Morgan fingerprint density at radius 2 is 1.90 bits per heavy atom. The van der Waals surface area contributed by atoms with E-state index in [9.17, 15) is 23.0 Å². The number of carbonyl (C=O) groups excluding carboxylic acids is 1. The quantitative estimate of drug-likeness (QED) is 0.650. The lowest BCUT2D eigenvalue weighted by atomic mass is 9.71. The first-order valence-corrected chi connectivity index (χ1v) is 10.2. The van der Waals surface area contributed by atoms with Crippen LogP contribution in [-0.2, 0) is 22.6 Å². The van der Waals surface area contributed by atoms with Gasteiger partial charge in [0.1, 0.15) is 10.6 Å². The maximum absolute atomic E-state index is 13.5. The van der Waals surface area contributed by atoms with Crippen molar-refractivity contribution < 1.29 is 22.5 Å². The highest BCUT2D eigenvalue weighted by molar-refractivity contribution is 7.86. The lowest BCUT2D eigenvalue weighted by molar-refractivity contribution is 0.103. The van der Waals surface area contributed by atoms with E-state index in [1.807, 2.05) is 25.5 Å². The van der Waals surface area contributed by atoms with Gasteiger partial charge in [-0.2, -0.15) is 13.7 Å². The van der Waals surface area contributed by atoms with Crippen LogP contribution < -0.4 is 4.74 Å². The minimum absolute atomic E-state index is 0.0268. The molecule has 0 atom stereocenters. The Morgan fingerprint density at radius 1 is 1.21 bits per heavy atom. The van der Waals surface area contributed by atoms with Gasteiger partial charge in [-0.05, 0) is 29.8 Å². The van der Waals surface area contributed by atoms with E-state index >= 15 is 0 Å². The zero-order valence-corrected chi connectivity index (χ0v) is 17.1. The molecule has 2 aromatic carbocycles. The minimum atomic E-state index is -4.58. The predicted molar refractivity (Wildman–Crippen MR) is 106 cm³/mol. The Labute approximate surface area is 167 Å². The smallest absolute Gasteiger partial charge is 0.298 e. The summed E-state index contributed by atoms with van der Waals surface area (Å²) in [6.07, 6.45) is 0. The topological polar surface area (TPSA) is 109 Å². The van der Waals surface area contributed by atoms with Gasteiger partial charge in [0.25, 0.3) is 10.1 Å². The van der Waals surface area contributed by atoms with Gasteiger partial charge in [0.05, 0.1) is 29.8 Å². The number of nitrogens with zero attached hydrogens (tertiary/aromatic N) is 2. The standard InChI is InChI=1S/C21H18N2O5S/c1-21(2)14-9-16(28-4)17(29(25,26)27)8-13(14)19(24)18-12-6-5-11(10-22)7-15(12)23(3)20(18)21/h5-9H,1-4H3,(H,25,26,27). The first-order valence-electron chi connectivity index (χ1n) is 8.80. The number of ether oxygens (including phenoxy) is 1. The number of ketones is 1. The third-order valence-electron chi connectivity index (χ3n) is 5.65. The molecule has 1 heterocycles. The number of aryl methyl sites for hydroxylation is 1. The maximum atomic E-state index is 13.5. The molecule has 0 unspecified atom stereocenters. The Hall–Kier alpha value is -3.15. The Balaban J connectivity index is 2.13. The normalized spacial score (nSPS) is 15.0. The van der Waals surface area contributed by atoms with E-state index in [4.69, 9.17) is 4.74 Å². The van der Waals surface area contributed by atoms with E-state index in [0.29, 0.717) is 22.1 Å². The number of hydrogen-bond acceptors (Lipinski definition) is 5. The summed E-state index contributed by atoms with van der Waals surface area (Å²) >= 11 is 0. The van der Waals surface area contributed by atoms with Crippen LogP contribution in [0, 0.1) is 11.3 Å². The van der Waals surface area contributed by atoms with Gasteiger partial charge in [-0.3, -0.25) is 9.35 Å². The lowest BCUT2D eigenvalue weighted by Crippen LogP contribution is -2.32. The summed E-state index contributed by atoms with van der Waals surface area (Å²) in [4.78, 5) is 13.0. The molecule has 1 N–H and O–H groups in total. The van der Waals surface area contributed by atoms with E-state index in [-0.39, 0.29) is 17.1 Å². The molecule has 3 aromatic rings. The van der Waals surface area contributed by atoms with Crippen LogP contribution in [0.5, 0.6) is 5.75 Å². The molecular weight excluding hydrogens is 392 g/mol. The maximum Gasteiger partial charge on any atom is 0.298 e. The van der Waals surface area contributed by atoms with Crippen LogP contribution in [0.3, 0.4) is 0 Å².